The van der Waals surface area contributed by atoms with Gasteiger partial charge in [-0.1, -0.05) is 0 Å². The first-order valence-corrected chi connectivity index (χ1v) is 13.9. The van der Waals surface area contributed by atoms with Gasteiger partial charge in [0.25, 0.3) is 5.91 Å². The summed E-state index contributed by atoms with van der Waals surface area (Å²) in [4.78, 5) is 34.5. The number of rotatable bonds is 5. The van der Waals surface area contributed by atoms with E-state index in [1.807, 2.05) is 17.9 Å². The van der Waals surface area contributed by atoms with Crippen molar-refractivity contribution in [3.63, 3.8) is 0 Å². The first-order valence-electron chi connectivity index (χ1n) is 13.9. The van der Waals surface area contributed by atoms with E-state index in [9.17, 15) is 18.0 Å². The van der Waals surface area contributed by atoms with Gasteiger partial charge in [-0.05, 0) is 56.9 Å². The summed E-state index contributed by atoms with van der Waals surface area (Å²) in [6, 6.07) is 6.02. The van der Waals surface area contributed by atoms with Crippen LogP contribution in [-0.4, -0.2) is 69.8 Å². The Morgan fingerprint density at radius 2 is 1.81 bits per heavy atom. The number of piperidine rings is 1. The number of alkyl halides is 3. The monoisotopic (exact) mass is 583 g/mol. The van der Waals surface area contributed by atoms with Crippen molar-refractivity contribution in [2.45, 2.75) is 56.4 Å². The van der Waals surface area contributed by atoms with Crippen molar-refractivity contribution in [2.75, 3.05) is 47.2 Å². The number of fused-ring (bicyclic) bond motifs is 2. The Kier molecular flexibility index (Phi) is 7.13. The van der Waals surface area contributed by atoms with Crippen molar-refractivity contribution in [2.24, 2.45) is 5.73 Å². The smallest absolute Gasteiger partial charge is 0.382 e. The maximum atomic E-state index is 14.1. The normalized spacial score (nSPS) is 21.8. The Hall–Kier alpha value is -4.04. The van der Waals surface area contributed by atoms with Crippen LogP contribution in [0, 0.1) is 0 Å². The maximum absolute atomic E-state index is 14.1. The standard InChI is InChI=1S/C28H32F3N9O2/c1-27(33)8-11-39(12-9-27)20-3-2-10-34-25(20)38-26(41)23-24(32)35-13-19(36-23)22-18(28(29,30)31)6-7-21(37-22)40-16-4-5-17(40)15-42-14-16/h2-3,6-7,10,13,16-17H,4-5,8-9,11-12,14-15,33H2,1H3,(H2,32,35)(H,34,38,41). The predicted octanol–water partition coefficient (Wildman–Crippen LogP) is 3.47. The van der Waals surface area contributed by atoms with Gasteiger partial charge in [-0.3, -0.25) is 4.79 Å². The second-order valence-electron chi connectivity index (χ2n) is 11.3. The first-order chi connectivity index (χ1) is 20.0. The number of nitrogens with zero attached hydrogens (tertiary/aromatic N) is 6. The molecular formula is C28H32F3N9O2. The highest BCUT2D eigenvalue weighted by molar-refractivity contribution is 6.06. The molecule has 2 bridgehead atoms. The lowest BCUT2D eigenvalue weighted by atomic mass is 9.91. The number of carbonyl (C=O) groups excluding carboxylic acids is 1. The molecule has 42 heavy (non-hydrogen) atoms. The molecule has 6 heterocycles. The van der Waals surface area contributed by atoms with Crippen LogP contribution in [-0.2, 0) is 10.9 Å². The van der Waals surface area contributed by atoms with Gasteiger partial charge in [-0.15, -0.1) is 0 Å². The minimum Gasteiger partial charge on any atom is -0.382 e. The molecule has 0 aliphatic carbocycles. The van der Waals surface area contributed by atoms with Crippen LogP contribution >= 0.6 is 0 Å². The van der Waals surface area contributed by atoms with Crippen LogP contribution in [0.25, 0.3) is 11.4 Å². The summed E-state index contributed by atoms with van der Waals surface area (Å²) in [6.45, 7) is 4.32. The number of nitrogen functional groups attached to an aromatic ring is 1. The fraction of sp³-hybridized carbons (Fsp3) is 0.464. The Morgan fingerprint density at radius 1 is 1.10 bits per heavy atom. The molecule has 3 aromatic heterocycles. The molecule has 1 amide bonds. The van der Waals surface area contributed by atoms with Gasteiger partial charge in [-0.25, -0.2) is 19.9 Å². The first kappa shape index (κ1) is 28.1. The highest BCUT2D eigenvalue weighted by Crippen LogP contribution is 2.39. The number of aromatic nitrogens is 4. The molecule has 3 aromatic rings. The molecule has 5 N–H and O–H groups in total. The summed E-state index contributed by atoms with van der Waals surface area (Å²) >= 11 is 0. The van der Waals surface area contributed by atoms with Gasteiger partial charge < -0.3 is 31.3 Å². The van der Waals surface area contributed by atoms with Crippen molar-refractivity contribution in [1.29, 1.82) is 0 Å². The van der Waals surface area contributed by atoms with Crippen LogP contribution in [0.5, 0.6) is 0 Å². The lowest BCUT2D eigenvalue weighted by Gasteiger charge is -2.38. The van der Waals surface area contributed by atoms with Crippen molar-refractivity contribution in [3.05, 3.63) is 47.9 Å². The van der Waals surface area contributed by atoms with Crippen molar-refractivity contribution in [1.82, 2.24) is 19.9 Å². The van der Waals surface area contributed by atoms with E-state index in [4.69, 9.17) is 16.2 Å². The summed E-state index contributed by atoms with van der Waals surface area (Å²) < 4.78 is 48.0. The largest absolute Gasteiger partial charge is 0.418 e. The quantitative estimate of drug-likeness (QED) is 0.408. The average Bonchev–Trinajstić information content (AvgIpc) is 3.20. The van der Waals surface area contributed by atoms with Crippen LogP contribution < -0.4 is 26.6 Å². The second-order valence-corrected chi connectivity index (χ2v) is 11.3. The van der Waals surface area contributed by atoms with Gasteiger partial charge in [0.2, 0.25) is 0 Å². The molecule has 14 heteroatoms. The minimum absolute atomic E-state index is 0.0331. The summed E-state index contributed by atoms with van der Waals surface area (Å²) in [7, 11) is 0. The fourth-order valence-electron chi connectivity index (χ4n) is 5.87. The predicted molar refractivity (Wildman–Crippen MR) is 151 cm³/mol. The molecular weight excluding hydrogens is 551 g/mol. The molecule has 0 radical (unpaired) electrons. The summed E-state index contributed by atoms with van der Waals surface area (Å²) in [5, 5.41) is 2.72. The number of ether oxygens (including phenoxy) is 1. The molecule has 222 valence electrons. The molecule has 2 atom stereocenters. The van der Waals surface area contributed by atoms with Crippen molar-refractivity contribution < 1.29 is 22.7 Å². The lowest BCUT2D eigenvalue weighted by Crippen LogP contribution is -2.48. The van der Waals surface area contributed by atoms with Crippen molar-refractivity contribution >= 4 is 29.0 Å². The molecule has 3 aliphatic heterocycles. The van der Waals surface area contributed by atoms with Crippen molar-refractivity contribution in [3.8, 4) is 11.4 Å². The van der Waals surface area contributed by atoms with Gasteiger partial charge in [0, 0.05) is 24.8 Å². The third kappa shape index (κ3) is 5.43. The van der Waals surface area contributed by atoms with E-state index in [2.05, 4.69) is 30.2 Å². The number of anilines is 4. The molecule has 3 saturated heterocycles. The molecule has 3 fully saturated rings. The summed E-state index contributed by atoms with van der Waals surface area (Å²) in [6.07, 6.45) is 1.18. The number of carbonyl (C=O) groups is 1. The lowest BCUT2D eigenvalue weighted by molar-refractivity contribution is -0.137. The van der Waals surface area contributed by atoms with Crippen LogP contribution in [0.1, 0.15) is 48.7 Å². The van der Waals surface area contributed by atoms with Gasteiger partial charge in [0.1, 0.15) is 17.2 Å². The van der Waals surface area contributed by atoms with E-state index >= 15 is 0 Å². The van der Waals surface area contributed by atoms with Gasteiger partial charge in [-0.2, -0.15) is 13.2 Å². The van der Waals surface area contributed by atoms with Crippen LogP contribution in [0.2, 0.25) is 0 Å². The Bertz CT molecular complexity index is 1470. The van der Waals surface area contributed by atoms with Gasteiger partial charge >= 0.3 is 6.18 Å². The average molecular weight is 584 g/mol. The van der Waals surface area contributed by atoms with E-state index in [0.29, 0.717) is 37.8 Å². The molecule has 6 rings (SSSR count). The third-order valence-corrected chi connectivity index (χ3v) is 8.21. The molecule has 11 nitrogen and oxygen atoms in total. The summed E-state index contributed by atoms with van der Waals surface area (Å²) in [5.41, 5.74) is 10.7. The number of pyridine rings is 2. The summed E-state index contributed by atoms with van der Waals surface area (Å²) in [5.74, 6) is -0.319. The number of nitrogens with one attached hydrogen (secondary N) is 1. The highest BCUT2D eigenvalue weighted by Gasteiger charge is 2.40. The van der Waals surface area contributed by atoms with E-state index in [-0.39, 0.29) is 40.6 Å². The zero-order chi connectivity index (χ0) is 29.6. The zero-order valence-corrected chi connectivity index (χ0v) is 23.1. The number of morpholine rings is 1. The maximum Gasteiger partial charge on any atom is 0.418 e. The van der Waals surface area contributed by atoms with Gasteiger partial charge in [0.05, 0.1) is 42.7 Å². The SMILES string of the molecule is CC1(N)CCN(c2cccnc2NC(=O)c2nc(-c3nc(N4C5CCC4COC5)ccc3C(F)(F)F)cnc2N)CC1. The molecule has 0 aromatic carbocycles. The van der Waals surface area contributed by atoms with E-state index in [0.717, 1.165) is 37.9 Å². The van der Waals surface area contributed by atoms with E-state index < -0.39 is 23.3 Å². The third-order valence-electron chi connectivity index (χ3n) is 8.21. The second kappa shape index (κ2) is 10.7. The Morgan fingerprint density at radius 3 is 2.50 bits per heavy atom. The Balaban J connectivity index is 1.32. The molecule has 0 saturated carbocycles. The van der Waals surface area contributed by atoms with E-state index in [1.54, 1.807) is 6.07 Å². The minimum atomic E-state index is -4.72. The topological polar surface area (TPSA) is 148 Å². The molecule has 3 aliphatic rings. The number of halogens is 3. The number of amides is 1. The number of hydrogen-bond acceptors (Lipinski definition) is 10. The fourth-order valence-corrected chi connectivity index (χ4v) is 5.87. The number of hydrogen-bond donors (Lipinski definition) is 3. The highest BCUT2D eigenvalue weighted by atomic mass is 19.4. The van der Waals surface area contributed by atoms with Crippen LogP contribution in [0.4, 0.5) is 36.3 Å². The molecule has 2 unspecified atom stereocenters. The van der Waals surface area contributed by atoms with Crippen LogP contribution in [0.3, 0.4) is 0 Å². The Labute approximate surface area is 240 Å². The van der Waals surface area contributed by atoms with Gasteiger partial charge in [0.15, 0.2) is 17.3 Å². The molecule has 0 spiro atoms. The zero-order valence-electron chi connectivity index (χ0n) is 23.1. The van der Waals surface area contributed by atoms with E-state index in [1.165, 1.54) is 12.3 Å². The number of nitrogens with two attached hydrogens (primary N) is 2. The van der Waals surface area contributed by atoms with Crippen LogP contribution in [0.15, 0.2) is 36.7 Å².